The van der Waals surface area contributed by atoms with E-state index in [1.807, 2.05) is 18.2 Å². The number of aromatic nitrogens is 4. The number of methoxy groups -OCH3 is 2. The van der Waals surface area contributed by atoms with E-state index < -0.39 is 11.9 Å². The lowest BCUT2D eigenvalue weighted by atomic mass is 10.2. The van der Waals surface area contributed by atoms with E-state index >= 15 is 0 Å². The average molecular weight is 450 g/mol. The molecule has 3 heterocycles. The van der Waals surface area contributed by atoms with Crippen molar-refractivity contribution in [3.05, 3.63) is 41.2 Å². The van der Waals surface area contributed by atoms with Crippen molar-refractivity contribution in [3.63, 3.8) is 0 Å². The lowest BCUT2D eigenvalue weighted by Crippen LogP contribution is -2.22. The molecule has 2 fully saturated rings. The molecule has 33 heavy (non-hydrogen) atoms. The molecule has 1 saturated heterocycles. The molecular formula is C21H22N8O4. The fourth-order valence-electron chi connectivity index (χ4n) is 3.48. The summed E-state index contributed by atoms with van der Waals surface area (Å²) in [5, 5.41) is 15.6. The Morgan fingerprint density at radius 1 is 1.18 bits per heavy atom. The van der Waals surface area contributed by atoms with E-state index in [1.165, 1.54) is 6.08 Å². The van der Waals surface area contributed by atoms with E-state index in [0.717, 1.165) is 18.4 Å². The van der Waals surface area contributed by atoms with E-state index in [4.69, 9.17) is 9.47 Å². The third-order valence-corrected chi connectivity index (χ3v) is 5.25. The normalized spacial score (nSPS) is 16.6. The van der Waals surface area contributed by atoms with Crippen molar-refractivity contribution in [2.45, 2.75) is 25.4 Å². The zero-order chi connectivity index (χ0) is 22.9. The molecule has 170 valence electrons. The average Bonchev–Trinajstić information content (AvgIpc) is 3.45. The van der Waals surface area contributed by atoms with Gasteiger partial charge in [0, 0.05) is 23.7 Å². The van der Waals surface area contributed by atoms with Crippen LogP contribution in [0.5, 0.6) is 11.5 Å². The number of urea groups is 1. The van der Waals surface area contributed by atoms with Gasteiger partial charge >= 0.3 is 6.03 Å². The minimum Gasteiger partial charge on any atom is -0.493 e. The van der Waals surface area contributed by atoms with Crippen LogP contribution in [0, 0.1) is 0 Å². The molecule has 0 unspecified atom stereocenters. The fraction of sp³-hybridized carbons (Fsp3) is 0.286. The van der Waals surface area contributed by atoms with Crippen molar-refractivity contribution in [2.75, 3.05) is 24.9 Å². The molecular weight excluding hydrogens is 428 g/mol. The van der Waals surface area contributed by atoms with Crippen LogP contribution >= 0.6 is 0 Å². The molecule has 1 aromatic carbocycles. The highest BCUT2D eigenvalue weighted by Gasteiger charge is 2.26. The molecule has 1 saturated carbocycles. The number of hydrogen-bond acceptors (Lipinski definition) is 9. The SMILES string of the molecule is COc1cccc(CNc2nc(NC3CC3)n3ncc(/C=C4\NC(=O)NC4=O)c3n2)c1OC. The minimum absolute atomic E-state index is 0.126. The summed E-state index contributed by atoms with van der Waals surface area (Å²) in [7, 11) is 3.18. The second-order valence-electron chi connectivity index (χ2n) is 7.60. The van der Waals surface area contributed by atoms with E-state index in [1.54, 1.807) is 24.9 Å². The summed E-state index contributed by atoms with van der Waals surface area (Å²) in [5.74, 6) is 1.66. The van der Waals surface area contributed by atoms with Crippen LogP contribution in [-0.4, -0.2) is 51.8 Å². The molecule has 5 rings (SSSR count). The second kappa shape index (κ2) is 8.30. The number of carbonyl (C=O) groups excluding carboxylic acids is 2. The van der Waals surface area contributed by atoms with Gasteiger partial charge in [-0.1, -0.05) is 12.1 Å². The van der Waals surface area contributed by atoms with Crippen molar-refractivity contribution in [3.8, 4) is 11.5 Å². The number of nitrogens with zero attached hydrogens (tertiary/aromatic N) is 4. The highest BCUT2D eigenvalue weighted by atomic mass is 16.5. The van der Waals surface area contributed by atoms with E-state index in [-0.39, 0.29) is 5.70 Å². The van der Waals surface area contributed by atoms with E-state index in [0.29, 0.717) is 47.2 Å². The molecule has 1 aliphatic carbocycles. The molecule has 4 N–H and O–H groups in total. The van der Waals surface area contributed by atoms with Crippen LogP contribution in [0.4, 0.5) is 16.7 Å². The Morgan fingerprint density at radius 2 is 2.03 bits per heavy atom. The first-order valence-corrected chi connectivity index (χ1v) is 10.4. The van der Waals surface area contributed by atoms with Crippen LogP contribution in [0.2, 0.25) is 0 Å². The summed E-state index contributed by atoms with van der Waals surface area (Å²) < 4.78 is 12.4. The zero-order valence-corrected chi connectivity index (χ0v) is 18.0. The Labute approximate surface area is 188 Å². The molecule has 3 aromatic rings. The third kappa shape index (κ3) is 4.10. The first-order chi connectivity index (χ1) is 16.1. The summed E-state index contributed by atoms with van der Waals surface area (Å²) in [4.78, 5) is 32.6. The number of amides is 3. The molecule has 0 radical (unpaired) electrons. The van der Waals surface area contributed by atoms with E-state index in [2.05, 4.69) is 36.3 Å². The molecule has 0 atom stereocenters. The molecule has 2 aliphatic rings. The van der Waals surface area contributed by atoms with Gasteiger partial charge in [-0.2, -0.15) is 19.6 Å². The molecule has 0 bridgehead atoms. The Balaban J connectivity index is 1.49. The highest BCUT2D eigenvalue weighted by molar-refractivity contribution is 6.14. The number of imide groups is 1. The number of nitrogens with one attached hydrogen (secondary N) is 4. The number of hydrogen-bond donors (Lipinski definition) is 4. The highest BCUT2D eigenvalue weighted by Crippen LogP contribution is 2.31. The van der Waals surface area contributed by atoms with Crippen molar-refractivity contribution < 1.29 is 19.1 Å². The van der Waals surface area contributed by atoms with Crippen molar-refractivity contribution in [2.24, 2.45) is 0 Å². The standard InChI is InChI=1S/C21H22N8O4/c1-32-15-5-3-4-11(16(15)33-2)9-22-19-26-17-12(8-14-18(30)27-21(31)25-14)10-23-29(17)20(28-19)24-13-6-7-13/h3-5,8,10,13H,6-7,9H2,1-2H3,(H2,22,24,26,28)(H2,25,27,30,31)/b14-8-. The number of anilines is 2. The predicted octanol–water partition coefficient (Wildman–Crippen LogP) is 1.51. The smallest absolute Gasteiger partial charge is 0.326 e. The Bertz CT molecular complexity index is 1280. The summed E-state index contributed by atoms with van der Waals surface area (Å²) in [6.45, 7) is 0.391. The molecule has 0 spiro atoms. The maximum absolute atomic E-state index is 11.9. The third-order valence-electron chi connectivity index (χ3n) is 5.25. The van der Waals surface area contributed by atoms with Gasteiger partial charge in [-0.3, -0.25) is 10.1 Å². The van der Waals surface area contributed by atoms with Crippen LogP contribution in [0.25, 0.3) is 11.7 Å². The monoisotopic (exact) mass is 450 g/mol. The maximum atomic E-state index is 11.9. The van der Waals surface area contributed by atoms with Crippen molar-refractivity contribution in [1.82, 2.24) is 30.2 Å². The predicted molar refractivity (Wildman–Crippen MR) is 119 cm³/mol. The van der Waals surface area contributed by atoms with Gasteiger partial charge in [0.1, 0.15) is 5.70 Å². The number of para-hydroxylation sites is 1. The van der Waals surface area contributed by atoms with Crippen LogP contribution < -0.4 is 30.7 Å². The number of ether oxygens (including phenoxy) is 2. The minimum atomic E-state index is -0.567. The number of fused-ring (bicyclic) bond motifs is 1. The Kier molecular flexibility index (Phi) is 5.17. The van der Waals surface area contributed by atoms with Crippen molar-refractivity contribution >= 4 is 35.6 Å². The van der Waals surface area contributed by atoms with Gasteiger partial charge < -0.3 is 25.4 Å². The summed E-state index contributed by atoms with van der Waals surface area (Å²) in [6, 6.07) is 5.40. The molecule has 3 amide bonds. The van der Waals surface area contributed by atoms with Crippen LogP contribution in [0.15, 0.2) is 30.1 Å². The summed E-state index contributed by atoms with van der Waals surface area (Å²) in [6.07, 6.45) is 5.21. The van der Waals surface area contributed by atoms with E-state index in [9.17, 15) is 9.59 Å². The largest absolute Gasteiger partial charge is 0.493 e. The summed E-state index contributed by atoms with van der Waals surface area (Å²) >= 11 is 0. The van der Waals surface area contributed by atoms with Gasteiger partial charge in [0.15, 0.2) is 17.1 Å². The van der Waals surface area contributed by atoms with Gasteiger partial charge in [0.25, 0.3) is 5.91 Å². The number of benzene rings is 1. The quantitative estimate of drug-likeness (QED) is 0.296. The molecule has 2 aromatic heterocycles. The lowest BCUT2D eigenvalue weighted by molar-refractivity contribution is -0.115. The van der Waals surface area contributed by atoms with Crippen LogP contribution in [-0.2, 0) is 11.3 Å². The van der Waals surface area contributed by atoms with Gasteiger partial charge in [-0.05, 0) is 25.0 Å². The van der Waals surface area contributed by atoms with Gasteiger partial charge in [0.05, 0.1) is 20.4 Å². The Morgan fingerprint density at radius 3 is 2.73 bits per heavy atom. The van der Waals surface area contributed by atoms with Crippen molar-refractivity contribution in [1.29, 1.82) is 0 Å². The molecule has 12 heteroatoms. The fourth-order valence-corrected chi connectivity index (χ4v) is 3.48. The van der Waals surface area contributed by atoms with Crippen LogP contribution in [0.1, 0.15) is 24.0 Å². The summed E-state index contributed by atoms with van der Waals surface area (Å²) in [5.41, 5.74) is 2.04. The first kappa shape index (κ1) is 20.5. The zero-order valence-electron chi connectivity index (χ0n) is 18.0. The Hall–Kier alpha value is -4.35. The van der Waals surface area contributed by atoms with Crippen LogP contribution in [0.3, 0.4) is 0 Å². The maximum Gasteiger partial charge on any atom is 0.326 e. The first-order valence-electron chi connectivity index (χ1n) is 10.4. The second-order valence-corrected chi connectivity index (χ2v) is 7.60. The lowest BCUT2D eigenvalue weighted by Gasteiger charge is -2.14. The van der Waals surface area contributed by atoms with Gasteiger partial charge in [-0.15, -0.1) is 0 Å². The molecule has 12 nitrogen and oxygen atoms in total. The number of rotatable bonds is 8. The molecule has 1 aliphatic heterocycles. The number of carbonyl (C=O) groups is 2. The van der Waals surface area contributed by atoms with Gasteiger partial charge in [-0.25, -0.2) is 4.79 Å². The topological polar surface area (TPSA) is 144 Å². The van der Waals surface area contributed by atoms with Gasteiger partial charge in [0.2, 0.25) is 11.9 Å².